The predicted molar refractivity (Wildman–Crippen MR) is 67.5 cm³/mol. The highest BCUT2D eigenvalue weighted by Crippen LogP contribution is 2.30. The SMILES string of the molecule is Cc1cc(F)c(Nc2ncnc(N)c2[N+](=O)[O-])cc1F. The van der Waals surface area contributed by atoms with Gasteiger partial charge in [0.15, 0.2) is 0 Å². The molecule has 0 fully saturated rings. The molecule has 0 aliphatic carbocycles. The minimum atomic E-state index is -0.805. The Balaban J connectivity index is 2.48. The van der Waals surface area contributed by atoms with Gasteiger partial charge in [0, 0.05) is 6.07 Å². The minimum Gasteiger partial charge on any atom is -0.378 e. The van der Waals surface area contributed by atoms with E-state index >= 15 is 0 Å². The van der Waals surface area contributed by atoms with E-state index in [1.807, 2.05) is 0 Å². The van der Waals surface area contributed by atoms with Crippen molar-refractivity contribution in [3.63, 3.8) is 0 Å². The van der Waals surface area contributed by atoms with E-state index in [1.165, 1.54) is 6.92 Å². The van der Waals surface area contributed by atoms with Crippen molar-refractivity contribution >= 4 is 23.0 Å². The number of nitro groups is 1. The van der Waals surface area contributed by atoms with Crippen LogP contribution in [0.25, 0.3) is 0 Å². The maximum Gasteiger partial charge on any atom is 0.353 e. The van der Waals surface area contributed by atoms with E-state index in [1.54, 1.807) is 0 Å². The summed E-state index contributed by atoms with van der Waals surface area (Å²) in [4.78, 5) is 17.2. The van der Waals surface area contributed by atoms with Crippen molar-refractivity contribution in [1.82, 2.24) is 9.97 Å². The summed E-state index contributed by atoms with van der Waals surface area (Å²) in [7, 11) is 0. The fraction of sp³-hybridized carbons (Fsp3) is 0.0909. The summed E-state index contributed by atoms with van der Waals surface area (Å²) >= 11 is 0. The topological polar surface area (TPSA) is 107 Å². The first-order valence-corrected chi connectivity index (χ1v) is 5.37. The molecule has 0 amide bonds. The number of nitrogens with one attached hydrogen (secondary N) is 1. The third kappa shape index (κ3) is 2.46. The quantitative estimate of drug-likeness (QED) is 0.660. The Bertz CT molecular complexity index is 693. The molecule has 0 bridgehead atoms. The number of aromatic nitrogens is 2. The fourth-order valence-corrected chi connectivity index (χ4v) is 1.53. The Morgan fingerprint density at radius 2 is 2.00 bits per heavy atom. The summed E-state index contributed by atoms with van der Waals surface area (Å²) in [5.74, 6) is -2.11. The van der Waals surface area contributed by atoms with E-state index in [2.05, 4.69) is 15.3 Å². The van der Waals surface area contributed by atoms with Crippen LogP contribution in [0, 0.1) is 28.7 Å². The van der Waals surface area contributed by atoms with Crippen LogP contribution in [0.5, 0.6) is 0 Å². The zero-order valence-corrected chi connectivity index (χ0v) is 10.2. The van der Waals surface area contributed by atoms with E-state index in [0.717, 1.165) is 18.5 Å². The number of rotatable bonds is 3. The van der Waals surface area contributed by atoms with Crippen LogP contribution in [-0.2, 0) is 0 Å². The Kier molecular flexibility index (Phi) is 3.42. The lowest BCUT2D eigenvalue weighted by atomic mass is 10.2. The fourth-order valence-electron chi connectivity index (χ4n) is 1.53. The van der Waals surface area contributed by atoms with Crippen molar-refractivity contribution < 1.29 is 13.7 Å². The molecular formula is C11H9F2N5O2. The highest BCUT2D eigenvalue weighted by Gasteiger charge is 2.22. The van der Waals surface area contributed by atoms with E-state index in [-0.39, 0.29) is 22.9 Å². The van der Waals surface area contributed by atoms with Crippen molar-refractivity contribution in [2.24, 2.45) is 0 Å². The number of benzene rings is 1. The zero-order valence-electron chi connectivity index (χ0n) is 10.2. The third-order valence-corrected chi connectivity index (χ3v) is 2.53. The van der Waals surface area contributed by atoms with Crippen molar-refractivity contribution in [2.75, 3.05) is 11.1 Å². The standard InChI is InChI=1S/C11H9F2N5O2/c1-5-2-7(13)8(3-6(5)12)17-11-9(18(19)20)10(14)15-4-16-11/h2-4H,1H3,(H3,14,15,16,17). The van der Waals surface area contributed by atoms with Crippen LogP contribution in [0.3, 0.4) is 0 Å². The van der Waals surface area contributed by atoms with Gasteiger partial charge in [-0.05, 0) is 18.6 Å². The molecule has 104 valence electrons. The molecule has 1 heterocycles. The molecule has 0 spiro atoms. The van der Waals surface area contributed by atoms with Gasteiger partial charge >= 0.3 is 5.69 Å². The summed E-state index contributed by atoms with van der Waals surface area (Å²) in [5.41, 5.74) is 4.60. The van der Waals surface area contributed by atoms with Crippen LogP contribution in [-0.4, -0.2) is 14.9 Å². The number of aryl methyl sites for hydroxylation is 1. The minimum absolute atomic E-state index is 0.116. The van der Waals surface area contributed by atoms with Gasteiger partial charge in [-0.2, -0.15) is 0 Å². The second kappa shape index (κ2) is 5.03. The highest BCUT2D eigenvalue weighted by atomic mass is 19.1. The maximum absolute atomic E-state index is 13.7. The Morgan fingerprint density at radius 3 is 2.65 bits per heavy atom. The lowest BCUT2D eigenvalue weighted by Gasteiger charge is -2.09. The van der Waals surface area contributed by atoms with Gasteiger partial charge in [0.1, 0.15) is 18.0 Å². The number of hydrogen-bond donors (Lipinski definition) is 2. The molecule has 0 saturated carbocycles. The van der Waals surface area contributed by atoms with Crippen LogP contribution in [0.1, 0.15) is 5.56 Å². The molecule has 3 N–H and O–H groups in total. The third-order valence-electron chi connectivity index (χ3n) is 2.53. The van der Waals surface area contributed by atoms with Gasteiger partial charge in [-0.25, -0.2) is 18.7 Å². The van der Waals surface area contributed by atoms with Crippen LogP contribution in [0.15, 0.2) is 18.5 Å². The number of hydrogen-bond acceptors (Lipinski definition) is 6. The van der Waals surface area contributed by atoms with E-state index in [0.29, 0.717) is 0 Å². The first kappa shape index (κ1) is 13.6. The van der Waals surface area contributed by atoms with Gasteiger partial charge in [0.2, 0.25) is 11.6 Å². The smallest absolute Gasteiger partial charge is 0.353 e. The number of anilines is 3. The Hall–Kier alpha value is -2.84. The largest absolute Gasteiger partial charge is 0.378 e. The maximum atomic E-state index is 13.7. The van der Waals surface area contributed by atoms with Crippen LogP contribution >= 0.6 is 0 Å². The molecule has 0 atom stereocenters. The zero-order chi connectivity index (χ0) is 14.9. The highest BCUT2D eigenvalue weighted by molar-refractivity contribution is 5.72. The monoisotopic (exact) mass is 281 g/mol. The average molecular weight is 281 g/mol. The molecule has 1 aromatic carbocycles. The van der Waals surface area contributed by atoms with Crippen LogP contribution in [0.4, 0.5) is 31.8 Å². The van der Waals surface area contributed by atoms with Crippen molar-refractivity contribution in [3.05, 3.63) is 45.8 Å². The average Bonchev–Trinajstić information content (AvgIpc) is 2.35. The van der Waals surface area contributed by atoms with Crippen LogP contribution in [0.2, 0.25) is 0 Å². The first-order chi connectivity index (χ1) is 9.40. The van der Waals surface area contributed by atoms with Crippen molar-refractivity contribution in [2.45, 2.75) is 6.92 Å². The second-order valence-electron chi connectivity index (χ2n) is 3.92. The molecule has 2 aromatic rings. The predicted octanol–water partition coefficient (Wildman–Crippen LogP) is 2.30. The number of nitrogens with two attached hydrogens (primary N) is 1. The molecule has 2 rings (SSSR count). The van der Waals surface area contributed by atoms with Gasteiger partial charge < -0.3 is 11.1 Å². The molecule has 0 radical (unpaired) electrons. The number of nitrogen functional groups attached to an aromatic ring is 1. The number of nitrogens with zero attached hydrogens (tertiary/aromatic N) is 3. The van der Waals surface area contributed by atoms with Crippen molar-refractivity contribution in [3.8, 4) is 0 Å². The molecule has 1 aromatic heterocycles. The summed E-state index contributed by atoms with van der Waals surface area (Å²) in [6.07, 6.45) is 0.979. The molecule has 0 aliphatic rings. The van der Waals surface area contributed by atoms with E-state index < -0.39 is 22.2 Å². The van der Waals surface area contributed by atoms with Gasteiger partial charge in [-0.3, -0.25) is 10.1 Å². The summed E-state index contributed by atoms with van der Waals surface area (Å²) in [5, 5.41) is 13.2. The summed E-state index contributed by atoms with van der Waals surface area (Å²) in [6.45, 7) is 1.40. The molecule has 7 nitrogen and oxygen atoms in total. The van der Waals surface area contributed by atoms with Gasteiger partial charge in [-0.15, -0.1) is 0 Å². The molecule has 0 unspecified atom stereocenters. The molecule has 9 heteroatoms. The lowest BCUT2D eigenvalue weighted by molar-refractivity contribution is -0.383. The van der Waals surface area contributed by atoms with Crippen LogP contribution < -0.4 is 11.1 Å². The normalized spacial score (nSPS) is 10.3. The second-order valence-corrected chi connectivity index (χ2v) is 3.92. The first-order valence-electron chi connectivity index (χ1n) is 5.37. The lowest BCUT2D eigenvalue weighted by Crippen LogP contribution is -2.06. The Labute approximate surface area is 111 Å². The number of halogens is 2. The van der Waals surface area contributed by atoms with Gasteiger partial charge in [0.05, 0.1) is 10.6 Å². The summed E-state index contributed by atoms with van der Waals surface area (Å²) < 4.78 is 27.1. The van der Waals surface area contributed by atoms with Gasteiger partial charge in [0.25, 0.3) is 0 Å². The van der Waals surface area contributed by atoms with Gasteiger partial charge in [-0.1, -0.05) is 0 Å². The molecular weight excluding hydrogens is 272 g/mol. The summed E-state index contributed by atoms with van der Waals surface area (Å²) in [6, 6.07) is 1.85. The van der Waals surface area contributed by atoms with Crippen molar-refractivity contribution in [1.29, 1.82) is 0 Å². The molecule has 0 aliphatic heterocycles. The molecule has 20 heavy (non-hydrogen) atoms. The molecule has 0 saturated heterocycles. The van der Waals surface area contributed by atoms with E-state index in [9.17, 15) is 18.9 Å². The van der Waals surface area contributed by atoms with E-state index in [4.69, 9.17) is 5.73 Å². The Morgan fingerprint density at radius 1 is 1.30 bits per heavy atom.